The molecule has 0 aliphatic carbocycles. The van der Waals surface area contributed by atoms with Crippen molar-refractivity contribution in [3.8, 4) is 11.5 Å². The molecule has 4 nitrogen and oxygen atoms in total. The molecule has 0 saturated carbocycles. The van der Waals surface area contributed by atoms with Crippen LogP contribution in [-0.2, 0) is 4.57 Å². The molecule has 122 valence electrons. The minimum absolute atomic E-state index is 0.357. The van der Waals surface area contributed by atoms with Crippen molar-refractivity contribution in [2.75, 3.05) is 5.73 Å². The second kappa shape index (κ2) is 6.81. The van der Waals surface area contributed by atoms with Gasteiger partial charge in [-0.2, -0.15) is 0 Å². The first-order valence-electron chi connectivity index (χ1n) is 7.53. The first-order valence-corrected chi connectivity index (χ1v) is 9.08. The van der Waals surface area contributed by atoms with Crippen LogP contribution < -0.4 is 20.1 Å². The molecular formula is C19H18NO3P. The molecule has 0 bridgehead atoms. The zero-order valence-electron chi connectivity index (χ0n) is 13.3. The summed E-state index contributed by atoms with van der Waals surface area (Å²) in [6.07, 6.45) is 0. The van der Waals surface area contributed by atoms with E-state index in [1.54, 1.807) is 36.4 Å². The van der Waals surface area contributed by atoms with Crippen LogP contribution in [0.1, 0.15) is 5.56 Å². The maximum absolute atomic E-state index is 13.6. The second-order valence-electron chi connectivity index (χ2n) is 5.31. The minimum Gasteiger partial charge on any atom is -0.413 e. The molecule has 3 rings (SSSR count). The summed E-state index contributed by atoms with van der Waals surface area (Å²) < 4.78 is 25.2. The molecule has 3 aromatic carbocycles. The van der Waals surface area contributed by atoms with Gasteiger partial charge in [-0.15, -0.1) is 0 Å². The molecular weight excluding hydrogens is 321 g/mol. The maximum Gasteiger partial charge on any atom is 0.464 e. The smallest absolute Gasteiger partial charge is 0.413 e. The Bertz CT molecular complexity index is 821. The van der Waals surface area contributed by atoms with Gasteiger partial charge in [-0.1, -0.05) is 48.5 Å². The Morgan fingerprint density at radius 3 is 1.75 bits per heavy atom. The van der Waals surface area contributed by atoms with Crippen LogP contribution in [0.15, 0.2) is 78.9 Å². The first kappa shape index (κ1) is 16.2. The Morgan fingerprint density at radius 1 is 0.750 bits per heavy atom. The van der Waals surface area contributed by atoms with Gasteiger partial charge < -0.3 is 14.8 Å². The van der Waals surface area contributed by atoms with Gasteiger partial charge in [-0.3, -0.25) is 0 Å². The fourth-order valence-electron chi connectivity index (χ4n) is 2.26. The molecule has 0 spiro atoms. The van der Waals surface area contributed by atoms with E-state index in [1.165, 1.54) is 0 Å². The average molecular weight is 339 g/mol. The van der Waals surface area contributed by atoms with Crippen molar-refractivity contribution in [1.82, 2.24) is 0 Å². The lowest BCUT2D eigenvalue weighted by atomic mass is 10.2. The van der Waals surface area contributed by atoms with E-state index in [-0.39, 0.29) is 0 Å². The number of nitrogen functional groups attached to an aromatic ring is 1. The highest BCUT2D eigenvalue weighted by molar-refractivity contribution is 7.63. The topological polar surface area (TPSA) is 61.5 Å². The largest absolute Gasteiger partial charge is 0.464 e. The third kappa shape index (κ3) is 3.44. The van der Waals surface area contributed by atoms with Crippen LogP contribution in [0.2, 0.25) is 0 Å². The van der Waals surface area contributed by atoms with E-state index < -0.39 is 7.60 Å². The summed E-state index contributed by atoms with van der Waals surface area (Å²) in [5, 5.41) is 0.357. The zero-order chi connectivity index (χ0) is 17.0. The number of benzene rings is 3. The van der Waals surface area contributed by atoms with Gasteiger partial charge in [0.25, 0.3) is 0 Å². The number of hydrogen-bond acceptors (Lipinski definition) is 4. The first-order chi connectivity index (χ1) is 11.6. The molecule has 0 heterocycles. The van der Waals surface area contributed by atoms with Gasteiger partial charge in [0.1, 0.15) is 16.8 Å². The summed E-state index contributed by atoms with van der Waals surface area (Å²) in [7, 11) is -3.71. The number of anilines is 1. The van der Waals surface area contributed by atoms with Crippen LogP contribution in [0, 0.1) is 6.92 Å². The molecule has 0 aromatic heterocycles. The molecule has 2 N–H and O–H groups in total. The van der Waals surface area contributed by atoms with E-state index in [4.69, 9.17) is 14.8 Å². The summed E-state index contributed by atoms with van der Waals surface area (Å²) in [6.45, 7) is 1.86. The molecule has 0 saturated heterocycles. The monoisotopic (exact) mass is 339 g/mol. The minimum atomic E-state index is -3.71. The normalized spacial score (nSPS) is 11.0. The van der Waals surface area contributed by atoms with Gasteiger partial charge in [0, 0.05) is 0 Å². The molecule has 24 heavy (non-hydrogen) atoms. The van der Waals surface area contributed by atoms with Crippen molar-refractivity contribution in [2.24, 2.45) is 0 Å². The van der Waals surface area contributed by atoms with E-state index in [0.29, 0.717) is 22.5 Å². The van der Waals surface area contributed by atoms with Crippen molar-refractivity contribution in [1.29, 1.82) is 0 Å². The highest BCUT2D eigenvalue weighted by Gasteiger charge is 2.34. The molecule has 0 unspecified atom stereocenters. The van der Waals surface area contributed by atoms with Crippen molar-refractivity contribution < 1.29 is 13.6 Å². The number of aryl methyl sites for hydroxylation is 1. The van der Waals surface area contributed by atoms with Gasteiger partial charge in [-0.05, 0) is 42.8 Å². The Kier molecular flexibility index (Phi) is 4.59. The van der Waals surface area contributed by atoms with E-state index in [1.807, 2.05) is 49.4 Å². The molecule has 0 amide bonds. The van der Waals surface area contributed by atoms with E-state index >= 15 is 0 Å². The highest BCUT2D eigenvalue weighted by atomic mass is 31.2. The number of para-hydroxylation sites is 3. The lowest BCUT2D eigenvalue weighted by Gasteiger charge is -2.22. The third-order valence-electron chi connectivity index (χ3n) is 3.53. The summed E-state index contributed by atoms with van der Waals surface area (Å²) in [5.41, 5.74) is 7.37. The van der Waals surface area contributed by atoms with Crippen molar-refractivity contribution in [2.45, 2.75) is 6.92 Å². The van der Waals surface area contributed by atoms with Gasteiger partial charge in [-0.25, -0.2) is 4.57 Å². The molecule has 0 radical (unpaired) electrons. The fraction of sp³-hybridized carbons (Fsp3) is 0.0526. The Hall–Kier alpha value is -2.71. The molecule has 0 fully saturated rings. The predicted molar refractivity (Wildman–Crippen MR) is 97.0 cm³/mol. The number of nitrogens with two attached hydrogens (primary N) is 1. The van der Waals surface area contributed by atoms with Crippen LogP contribution in [-0.4, -0.2) is 0 Å². The predicted octanol–water partition coefficient (Wildman–Crippen LogP) is 4.55. The molecule has 3 aromatic rings. The molecule has 0 atom stereocenters. The quantitative estimate of drug-likeness (QED) is 0.547. The zero-order valence-corrected chi connectivity index (χ0v) is 14.1. The van der Waals surface area contributed by atoms with E-state index in [2.05, 4.69) is 0 Å². The Balaban J connectivity index is 2.06. The lowest BCUT2D eigenvalue weighted by molar-refractivity contribution is 0.399. The lowest BCUT2D eigenvalue weighted by Crippen LogP contribution is -2.19. The fourth-order valence-corrected chi connectivity index (χ4v) is 4.03. The molecule has 0 aliphatic rings. The third-order valence-corrected chi connectivity index (χ3v) is 5.42. The number of hydrogen-bond donors (Lipinski definition) is 1. The second-order valence-corrected chi connectivity index (χ2v) is 7.16. The van der Waals surface area contributed by atoms with Gasteiger partial charge >= 0.3 is 7.60 Å². The average Bonchev–Trinajstić information content (AvgIpc) is 2.59. The van der Waals surface area contributed by atoms with Crippen LogP contribution in [0.3, 0.4) is 0 Å². The number of rotatable bonds is 5. The van der Waals surface area contributed by atoms with E-state index in [0.717, 1.165) is 5.56 Å². The van der Waals surface area contributed by atoms with Crippen molar-refractivity contribution in [3.63, 3.8) is 0 Å². The Labute approximate surface area is 141 Å². The summed E-state index contributed by atoms with van der Waals surface area (Å²) in [4.78, 5) is 0. The van der Waals surface area contributed by atoms with Crippen LogP contribution in [0.25, 0.3) is 0 Å². The summed E-state index contributed by atoms with van der Waals surface area (Å²) in [6, 6.07) is 23.2. The van der Waals surface area contributed by atoms with Crippen LogP contribution in [0.5, 0.6) is 11.5 Å². The van der Waals surface area contributed by atoms with Gasteiger partial charge in [0.2, 0.25) is 0 Å². The van der Waals surface area contributed by atoms with Crippen LogP contribution in [0.4, 0.5) is 5.69 Å². The van der Waals surface area contributed by atoms with Gasteiger partial charge in [0.15, 0.2) is 0 Å². The highest BCUT2D eigenvalue weighted by Crippen LogP contribution is 2.49. The van der Waals surface area contributed by atoms with Gasteiger partial charge in [0.05, 0.1) is 5.69 Å². The molecule has 0 aliphatic heterocycles. The van der Waals surface area contributed by atoms with Crippen molar-refractivity contribution >= 4 is 18.6 Å². The van der Waals surface area contributed by atoms with Crippen molar-refractivity contribution in [3.05, 3.63) is 84.4 Å². The Morgan fingerprint density at radius 2 is 1.25 bits per heavy atom. The molecule has 5 heteroatoms. The SMILES string of the molecule is Cc1cccc(P(=O)(Oc2ccccc2)Oc2ccccc2)c1N. The standard InChI is InChI=1S/C19H18NO3P/c1-15-9-8-14-18(19(15)20)24(21,22-16-10-4-2-5-11-16)23-17-12-6-3-7-13-17/h2-14H,20H2,1H3. The van der Waals surface area contributed by atoms with Crippen LogP contribution >= 0.6 is 7.60 Å². The maximum atomic E-state index is 13.6. The summed E-state index contributed by atoms with van der Waals surface area (Å²) in [5.74, 6) is 0.912. The van der Waals surface area contributed by atoms with E-state index in [9.17, 15) is 4.57 Å². The summed E-state index contributed by atoms with van der Waals surface area (Å²) >= 11 is 0.